The number of aromatic hydroxyl groups is 1. The second kappa shape index (κ2) is 7.56. The summed E-state index contributed by atoms with van der Waals surface area (Å²) in [5, 5.41) is 21.4. The van der Waals surface area contributed by atoms with Crippen molar-refractivity contribution in [1.82, 2.24) is 0 Å². The van der Waals surface area contributed by atoms with Crippen LogP contribution in [0.15, 0.2) is 82.6 Å². The first-order valence-corrected chi connectivity index (χ1v) is 8.35. The van der Waals surface area contributed by atoms with Crippen LogP contribution in [-0.4, -0.2) is 11.0 Å². The lowest BCUT2D eigenvalue weighted by molar-refractivity contribution is 0.102. The molecule has 0 radical (unpaired) electrons. The third-order valence-electron chi connectivity index (χ3n) is 3.49. The van der Waals surface area contributed by atoms with E-state index in [0.717, 1.165) is 9.79 Å². The largest absolute Gasteiger partial charge is 0.508 e. The van der Waals surface area contributed by atoms with Crippen LogP contribution in [0.4, 0.5) is 5.69 Å². The summed E-state index contributed by atoms with van der Waals surface area (Å²) >= 11 is 1.43. The van der Waals surface area contributed by atoms with Gasteiger partial charge in [-0.15, -0.1) is 0 Å². The van der Waals surface area contributed by atoms with Gasteiger partial charge in [-0.3, -0.25) is 4.79 Å². The third kappa shape index (κ3) is 4.00. The molecular formula is C20H14N2O2S. The summed E-state index contributed by atoms with van der Waals surface area (Å²) in [7, 11) is 0. The van der Waals surface area contributed by atoms with Crippen LogP contribution < -0.4 is 5.32 Å². The molecule has 0 unspecified atom stereocenters. The number of para-hydroxylation sites is 1. The molecule has 0 spiro atoms. The summed E-state index contributed by atoms with van der Waals surface area (Å²) in [5.74, 6) is -0.151. The van der Waals surface area contributed by atoms with Gasteiger partial charge < -0.3 is 10.4 Å². The highest BCUT2D eigenvalue weighted by molar-refractivity contribution is 7.99. The number of hydrogen-bond donors (Lipinski definition) is 2. The van der Waals surface area contributed by atoms with Gasteiger partial charge in [0.25, 0.3) is 5.91 Å². The van der Waals surface area contributed by atoms with E-state index in [1.165, 1.54) is 23.9 Å². The third-order valence-corrected chi connectivity index (χ3v) is 4.64. The number of nitriles is 1. The lowest BCUT2D eigenvalue weighted by atomic mass is 10.2. The Labute approximate surface area is 149 Å². The highest BCUT2D eigenvalue weighted by Crippen LogP contribution is 2.35. The molecule has 0 fully saturated rings. The van der Waals surface area contributed by atoms with Gasteiger partial charge in [0.1, 0.15) is 11.8 Å². The van der Waals surface area contributed by atoms with Crippen molar-refractivity contribution in [3.05, 3.63) is 83.9 Å². The predicted molar refractivity (Wildman–Crippen MR) is 97.8 cm³/mol. The predicted octanol–water partition coefficient (Wildman–Crippen LogP) is 4.67. The standard InChI is InChI=1S/C20H14N2O2S/c21-13-15-5-1-3-7-18(15)25-19-8-4-2-6-17(19)22-20(24)14-9-11-16(23)12-10-14/h1-12,23H,(H,22,24). The summed E-state index contributed by atoms with van der Waals surface area (Å²) in [6, 6.07) is 23.0. The molecule has 0 aromatic heterocycles. The molecule has 0 saturated carbocycles. The first-order valence-electron chi connectivity index (χ1n) is 7.54. The van der Waals surface area contributed by atoms with E-state index in [0.29, 0.717) is 16.8 Å². The van der Waals surface area contributed by atoms with Gasteiger partial charge in [0, 0.05) is 15.4 Å². The molecule has 4 nitrogen and oxygen atoms in total. The monoisotopic (exact) mass is 346 g/mol. The Morgan fingerprint density at radius 1 is 0.920 bits per heavy atom. The number of nitrogens with zero attached hydrogens (tertiary/aromatic N) is 1. The minimum atomic E-state index is -0.262. The summed E-state index contributed by atoms with van der Waals surface area (Å²) < 4.78 is 0. The van der Waals surface area contributed by atoms with Gasteiger partial charge in [-0.05, 0) is 48.5 Å². The van der Waals surface area contributed by atoms with Crippen LogP contribution in [0.3, 0.4) is 0 Å². The second-order valence-corrected chi connectivity index (χ2v) is 6.29. The van der Waals surface area contributed by atoms with Crippen molar-refractivity contribution >= 4 is 23.4 Å². The molecule has 122 valence electrons. The highest BCUT2D eigenvalue weighted by Gasteiger charge is 2.11. The molecule has 0 aliphatic carbocycles. The Morgan fingerprint density at radius 2 is 1.56 bits per heavy atom. The molecule has 2 N–H and O–H groups in total. The van der Waals surface area contributed by atoms with Crippen LogP contribution in [0.25, 0.3) is 0 Å². The van der Waals surface area contributed by atoms with Crippen LogP contribution in [0.5, 0.6) is 5.75 Å². The van der Waals surface area contributed by atoms with Gasteiger partial charge in [0.2, 0.25) is 0 Å². The molecule has 0 aliphatic rings. The lowest BCUT2D eigenvalue weighted by Gasteiger charge is -2.11. The van der Waals surface area contributed by atoms with Crippen LogP contribution in [0, 0.1) is 11.3 Å². The molecule has 3 rings (SSSR count). The zero-order valence-electron chi connectivity index (χ0n) is 13.1. The smallest absolute Gasteiger partial charge is 0.255 e. The molecular weight excluding hydrogens is 332 g/mol. The normalized spacial score (nSPS) is 10.0. The minimum Gasteiger partial charge on any atom is -0.508 e. The van der Waals surface area contributed by atoms with E-state index in [1.54, 1.807) is 18.2 Å². The molecule has 0 heterocycles. The average molecular weight is 346 g/mol. The fourth-order valence-corrected chi connectivity index (χ4v) is 3.22. The van der Waals surface area contributed by atoms with Gasteiger partial charge >= 0.3 is 0 Å². The molecule has 0 atom stereocenters. The number of anilines is 1. The highest BCUT2D eigenvalue weighted by atomic mass is 32.2. The van der Waals surface area contributed by atoms with Crippen molar-refractivity contribution in [2.24, 2.45) is 0 Å². The van der Waals surface area contributed by atoms with Crippen molar-refractivity contribution in [3.8, 4) is 11.8 Å². The zero-order chi connectivity index (χ0) is 17.6. The SMILES string of the molecule is N#Cc1ccccc1Sc1ccccc1NC(=O)c1ccc(O)cc1. The quantitative estimate of drug-likeness (QED) is 0.720. The molecule has 3 aromatic carbocycles. The van der Waals surface area contributed by atoms with Crippen LogP contribution in [0.2, 0.25) is 0 Å². The van der Waals surface area contributed by atoms with Crippen LogP contribution in [0.1, 0.15) is 15.9 Å². The molecule has 0 bridgehead atoms. The zero-order valence-corrected chi connectivity index (χ0v) is 14.0. The van der Waals surface area contributed by atoms with Gasteiger partial charge in [-0.25, -0.2) is 0 Å². The van der Waals surface area contributed by atoms with Crippen LogP contribution in [-0.2, 0) is 0 Å². The number of carbonyl (C=O) groups excluding carboxylic acids is 1. The minimum absolute atomic E-state index is 0.112. The van der Waals surface area contributed by atoms with Gasteiger partial charge in [-0.1, -0.05) is 36.0 Å². The number of hydrogen-bond acceptors (Lipinski definition) is 4. The maximum absolute atomic E-state index is 12.4. The number of rotatable bonds is 4. The number of benzene rings is 3. The Kier molecular flexibility index (Phi) is 5.03. The fourth-order valence-electron chi connectivity index (χ4n) is 2.23. The van der Waals surface area contributed by atoms with Gasteiger partial charge in [0.05, 0.1) is 11.3 Å². The maximum Gasteiger partial charge on any atom is 0.255 e. The Bertz CT molecular complexity index is 946. The number of nitrogens with one attached hydrogen (secondary N) is 1. The Morgan fingerprint density at radius 3 is 2.28 bits per heavy atom. The Hall–Kier alpha value is -3.23. The van der Waals surface area contributed by atoms with E-state index in [1.807, 2.05) is 42.5 Å². The van der Waals surface area contributed by atoms with Crippen LogP contribution >= 0.6 is 11.8 Å². The molecule has 0 saturated heterocycles. The van der Waals surface area contributed by atoms with E-state index < -0.39 is 0 Å². The maximum atomic E-state index is 12.4. The summed E-state index contributed by atoms with van der Waals surface area (Å²) in [6.07, 6.45) is 0. The van der Waals surface area contributed by atoms with Crippen molar-refractivity contribution < 1.29 is 9.90 Å². The fraction of sp³-hybridized carbons (Fsp3) is 0. The van der Waals surface area contributed by atoms with E-state index in [9.17, 15) is 15.2 Å². The van der Waals surface area contributed by atoms with E-state index >= 15 is 0 Å². The van der Waals surface area contributed by atoms with E-state index in [-0.39, 0.29) is 11.7 Å². The lowest BCUT2D eigenvalue weighted by Crippen LogP contribution is -2.12. The second-order valence-electron chi connectivity index (χ2n) is 5.21. The molecule has 0 aliphatic heterocycles. The van der Waals surface area contributed by atoms with Crippen molar-refractivity contribution in [1.29, 1.82) is 5.26 Å². The summed E-state index contributed by atoms with van der Waals surface area (Å²) in [5.41, 5.74) is 1.71. The summed E-state index contributed by atoms with van der Waals surface area (Å²) in [6.45, 7) is 0. The van der Waals surface area contributed by atoms with E-state index in [4.69, 9.17) is 0 Å². The average Bonchev–Trinajstić information content (AvgIpc) is 2.64. The summed E-state index contributed by atoms with van der Waals surface area (Å²) in [4.78, 5) is 14.1. The molecule has 25 heavy (non-hydrogen) atoms. The molecule has 1 amide bonds. The van der Waals surface area contributed by atoms with Crippen molar-refractivity contribution in [2.45, 2.75) is 9.79 Å². The number of carbonyl (C=O) groups is 1. The topological polar surface area (TPSA) is 73.1 Å². The Balaban J connectivity index is 1.85. The number of phenols is 1. The van der Waals surface area contributed by atoms with Crippen molar-refractivity contribution in [3.63, 3.8) is 0 Å². The first-order chi connectivity index (χ1) is 12.2. The first kappa shape index (κ1) is 16.6. The van der Waals surface area contributed by atoms with Gasteiger partial charge in [-0.2, -0.15) is 5.26 Å². The van der Waals surface area contributed by atoms with E-state index in [2.05, 4.69) is 11.4 Å². The number of amides is 1. The van der Waals surface area contributed by atoms with Gasteiger partial charge in [0.15, 0.2) is 0 Å². The number of phenolic OH excluding ortho intramolecular Hbond substituents is 1. The van der Waals surface area contributed by atoms with Crippen molar-refractivity contribution in [2.75, 3.05) is 5.32 Å². The molecule has 3 aromatic rings. The molecule has 5 heteroatoms.